The molecular weight excluding hydrogens is 380 g/mol. The Labute approximate surface area is 176 Å². The fraction of sp³-hybridized carbons (Fsp3) is 0.500. The van der Waals surface area contributed by atoms with Crippen LogP contribution >= 0.6 is 0 Å². The largest absolute Gasteiger partial charge is 0.465 e. The molecule has 6 rings (SSSR count). The van der Waals surface area contributed by atoms with Gasteiger partial charge in [-0.2, -0.15) is 0 Å². The van der Waals surface area contributed by atoms with Crippen LogP contribution in [0.4, 0.5) is 0 Å². The maximum atomic E-state index is 11.8. The summed E-state index contributed by atoms with van der Waals surface area (Å²) in [6.45, 7) is 6.40. The normalized spacial score (nSPS) is 29.6. The second kappa shape index (κ2) is 6.98. The Morgan fingerprint density at radius 3 is 2.57 bits per heavy atom. The zero-order valence-electron chi connectivity index (χ0n) is 17.7. The van der Waals surface area contributed by atoms with Crippen LogP contribution in [0, 0.1) is 11.3 Å². The second-order valence-electron chi connectivity index (χ2n) is 8.92. The van der Waals surface area contributed by atoms with Crippen molar-refractivity contribution in [3.8, 4) is 0 Å². The summed E-state index contributed by atoms with van der Waals surface area (Å²) in [5, 5.41) is 1.27. The minimum atomic E-state index is -0.440. The molecule has 0 radical (unpaired) electrons. The molecule has 0 amide bonds. The monoisotopic (exact) mass is 408 g/mol. The van der Waals surface area contributed by atoms with E-state index in [1.54, 1.807) is 0 Å². The van der Waals surface area contributed by atoms with Crippen molar-refractivity contribution in [1.29, 1.82) is 0 Å². The van der Waals surface area contributed by atoms with E-state index in [0.717, 1.165) is 19.4 Å². The Hall–Kier alpha value is -2.60. The van der Waals surface area contributed by atoms with Gasteiger partial charge in [-0.25, -0.2) is 0 Å². The fourth-order valence-corrected chi connectivity index (χ4v) is 6.16. The summed E-state index contributed by atoms with van der Waals surface area (Å²) in [5.74, 6) is -0.382. The van der Waals surface area contributed by atoms with Crippen molar-refractivity contribution in [3.63, 3.8) is 0 Å². The zero-order chi connectivity index (χ0) is 21.0. The maximum absolute atomic E-state index is 11.8. The van der Waals surface area contributed by atoms with E-state index in [9.17, 15) is 9.59 Å². The number of nitrogens with one attached hydrogen (secondary N) is 1. The number of esters is 2. The number of benzene rings is 1. The van der Waals surface area contributed by atoms with E-state index in [1.807, 2.05) is 0 Å². The highest BCUT2D eigenvalue weighted by Gasteiger charge is 2.62. The molecule has 0 saturated carbocycles. The number of hydrogen-bond acceptors (Lipinski definition) is 5. The summed E-state index contributed by atoms with van der Waals surface area (Å²) in [4.78, 5) is 29.8. The Morgan fingerprint density at radius 2 is 1.90 bits per heavy atom. The lowest BCUT2D eigenvalue weighted by atomic mass is 9.55. The van der Waals surface area contributed by atoms with Gasteiger partial charge in [0.2, 0.25) is 0 Å². The summed E-state index contributed by atoms with van der Waals surface area (Å²) in [6.07, 6.45) is 3.97. The molecule has 6 heteroatoms. The van der Waals surface area contributed by atoms with Gasteiger partial charge in [-0.05, 0) is 37.3 Å². The van der Waals surface area contributed by atoms with Crippen LogP contribution in [0.15, 0.2) is 35.9 Å². The number of ether oxygens (including phenoxy) is 2. The number of aromatic amines is 1. The average molecular weight is 408 g/mol. The minimum absolute atomic E-state index is 0.148. The van der Waals surface area contributed by atoms with Crippen LogP contribution in [0.2, 0.25) is 0 Å². The number of carbonyl (C=O) groups is 2. The zero-order valence-corrected chi connectivity index (χ0v) is 17.7. The van der Waals surface area contributed by atoms with Gasteiger partial charge in [0.1, 0.15) is 13.2 Å². The summed E-state index contributed by atoms with van der Waals surface area (Å²) >= 11 is 0. The van der Waals surface area contributed by atoms with Crippen LogP contribution in [0.25, 0.3) is 10.9 Å². The third-order valence-electron chi connectivity index (χ3n) is 7.47. The molecule has 1 N–H and O–H groups in total. The first-order valence-corrected chi connectivity index (χ1v) is 10.7. The molecule has 6 nitrogen and oxygen atoms in total. The molecule has 3 saturated heterocycles. The number of piperidine rings is 3. The molecule has 0 spiro atoms. The van der Waals surface area contributed by atoms with Gasteiger partial charge in [0.15, 0.2) is 0 Å². The maximum Gasteiger partial charge on any atom is 0.302 e. The highest BCUT2D eigenvalue weighted by molar-refractivity contribution is 5.85. The van der Waals surface area contributed by atoms with E-state index in [2.05, 4.69) is 47.1 Å². The Kier molecular flexibility index (Phi) is 4.51. The van der Waals surface area contributed by atoms with Crippen LogP contribution in [-0.2, 0) is 25.5 Å². The van der Waals surface area contributed by atoms with E-state index in [4.69, 9.17) is 9.47 Å². The van der Waals surface area contributed by atoms with Crippen LogP contribution in [0.3, 0.4) is 0 Å². The molecular formula is C24H28N2O4. The molecule has 158 valence electrons. The molecule has 4 atom stereocenters. The van der Waals surface area contributed by atoms with Crippen molar-refractivity contribution in [2.24, 2.45) is 11.3 Å². The van der Waals surface area contributed by atoms with E-state index in [-0.39, 0.29) is 37.1 Å². The number of nitrogens with zero attached hydrogens (tertiary/aromatic N) is 1. The van der Waals surface area contributed by atoms with Crippen molar-refractivity contribution in [2.75, 3.05) is 19.8 Å². The number of H-pyrrole nitrogens is 1. The number of rotatable bonds is 4. The van der Waals surface area contributed by atoms with Gasteiger partial charge in [-0.3, -0.25) is 14.5 Å². The van der Waals surface area contributed by atoms with Crippen molar-refractivity contribution >= 4 is 22.8 Å². The lowest BCUT2D eigenvalue weighted by Gasteiger charge is -2.63. The summed E-state index contributed by atoms with van der Waals surface area (Å²) in [6, 6.07) is 8.91. The Bertz CT molecular complexity index is 1030. The first kappa shape index (κ1) is 19.4. The van der Waals surface area contributed by atoms with Gasteiger partial charge >= 0.3 is 11.9 Å². The van der Waals surface area contributed by atoms with Crippen molar-refractivity contribution in [3.05, 3.63) is 47.2 Å². The molecule has 0 aliphatic carbocycles. The molecule has 3 fully saturated rings. The minimum Gasteiger partial charge on any atom is -0.465 e. The van der Waals surface area contributed by atoms with Gasteiger partial charge in [-0.15, -0.1) is 0 Å². The number of hydrogen-bond donors (Lipinski definition) is 1. The molecule has 4 aliphatic rings. The molecule has 1 aromatic heterocycles. The standard InChI is InChI=1S/C24H28N2O4/c1-4-16-11-26-21-10-19(16)24(12-29-14(2)27,13-30-15(3)28)22(26)9-18-17-7-5-6-8-20(17)25-23(18)21/h4-8,19,21-22,25H,9-13H2,1-3H3/b16-4-/t19-,21-,22-/m0/s1. The smallest absolute Gasteiger partial charge is 0.302 e. The highest BCUT2D eigenvalue weighted by atomic mass is 16.5. The fourth-order valence-electron chi connectivity index (χ4n) is 6.16. The van der Waals surface area contributed by atoms with Gasteiger partial charge in [-0.1, -0.05) is 29.8 Å². The van der Waals surface area contributed by atoms with Gasteiger partial charge in [0.05, 0.1) is 11.5 Å². The van der Waals surface area contributed by atoms with Crippen molar-refractivity contribution in [2.45, 2.75) is 45.7 Å². The first-order chi connectivity index (χ1) is 14.4. The number of aromatic nitrogens is 1. The SMILES string of the molecule is C/C=C1/CN2[C@H]3Cc4c([nH]c5ccccc45)[C@@H]2C[C@@H]1C3(COC(C)=O)COC(C)=O. The van der Waals surface area contributed by atoms with Crippen molar-refractivity contribution < 1.29 is 19.1 Å². The first-order valence-electron chi connectivity index (χ1n) is 10.7. The molecule has 30 heavy (non-hydrogen) atoms. The lowest BCUT2D eigenvalue weighted by Crippen LogP contribution is -2.68. The van der Waals surface area contributed by atoms with E-state index in [1.165, 1.54) is 41.6 Å². The molecule has 5 heterocycles. The van der Waals surface area contributed by atoms with Gasteiger partial charge < -0.3 is 14.5 Å². The lowest BCUT2D eigenvalue weighted by molar-refractivity contribution is -0.178. The number of fused-ring (bicyclic) bond motifs is 4. The molecule has 4 aliphatic heterocycles. The summed E-state index contributed by atoms with van der Waals surface area (Å²) in [5.41, 5.74) is 4.75. The van der Waals surface area contributed by atoms with Crippen LogP contribution in [0.5, 0.6) is 0 Å². The van der Waals surface area contributed by atoms with E-state index < -0.39 is 5.41 Å². The predicted molar refractivity (Wildman–Crippen MR) is 113 cm³/mol. The molecule has 1 aromatic carbocycles. The summed E-state index contributed by atoms with van der Waals surface area (Å²) < 4.78 is 11.2. The van der Waals surface area contributed by atoms with Crippen LogP contribution < -0.4 is 0 Å². The highest BCUT2D eigenvalue weighted by Crippen LogP contribution is 2.59. The molecule has 4 bridgehead atoms. The van der Waals surface area contributed by atoms with Crippen LogP contribution in [0.1, 0.15) is 44.5 Å². The Morgan fingerprint density at radius 1 is 1.20 bits per heavy atom. The predicted octanol–water partition coefficient (Wildman–Crippen LogP) is 3.53. The number of carbonyl (C=O) groups excluding carboxylic acids is 2. The summed E-state index contributed by atoms with van der Waals surface area (Å²) in [7, 11) is 0. The second-order valence-corrected chi connectivity index (χ2v) is 8.92. The average Bonchev–Trinajstić information content (AvgIpc) is 3.11. The van der Waals surface area contributed by atoms with E-state index >= 15 is 0 Å². The van der Waals surface area contributed by atoms with Crippen molar-refractivity contribution in [1.82, 2.24) is 9.88 Å². The van der Waals surface area contributed by atoms with E-state index in [0.29, 0.717) is 6.04 Å². The molecule has 2 aromatic rings. The third kappa shape index (κ3) is 2.73. The third-order valence-corrected chi connectivity index (χ3v) is 7.47. The quantitative estimate of drug-likeness (QED) is 0.619. The molecule has 1 unspecified atom stereocenters. The number of allylic oxidation sites excluding steroid dienone is 1. The topological polar surface area (TPSA) is 71.6 Å². The Balaban J connectivity index is 1.64. The van der Waals surface area contributed by atoms with Gasteiger partial charge in [0, 0.05) is 43.0 Å². The number of para-hydroxylation sites is 1. The van der Waals surface area contributed by atoms with Crippen LogP contribution in [-0.4, -0.2) is 47.6 Å². The van der Waals surface area contributed by atoms with Gasteiger partial charge in [0.25, 0.3) is 0 Å².